The van der Waals surface area contributed by atoms with Crippen LogP contribution in [-0.2, 0) is 22.6 Å². The van der Waals surface area contributed by atoms with Crippen LogP contribution in [0.4, 0.5) is 4.39 Å². The molecule has 1 N–H and O–H groups in total. The van der Waals surface area contributed by atoms with Gasteiger partial charge in [-0.15, -0.1) is 0 Å². The lowest BCUT2D eigenvalue weighted by Gasteiger charge is -2.31. The number of hydrogen-bond donors (Lipinski definition) is 1. The van der Waals surface area contributed by atoms with Crippen LogP contribution in [0.3, 0.4) is 0 Å². The summed E-state index contributed by atoms with van der Waals surface area (Å²) in [5.74, 6) is -0.835. The van der Waals surface area contributed by atoms with Gasteiger partial charge >= 0.3 is 0 Å². The molecule has 1 atom stereocenters. The van der Waals surface area contributed by atoms with Crippen LogP contribution in [0.5, 0.6) is 0 Å². The van der Waals surface area contributed by atoms with Crippen LogP contribution in [-0.4, -0.2) is 23.3 Å². The molecule has 0 aliphatic rings. The Morgan fingerprint density at radius 1 is 0.935 bits per heavy atom. The van der Waals surface area contributed by atoms with Crippen LogP contribution >= 0.6 is 11.6 Å². The Labute approximate surface area is 186 Å². The highest BCUT2D eigenvalue weighted by Gasteiger charge is 2.31. The van der Waals surface area contributed by atoms with Crippen molar-refractivity contribution in [1.29, 1.82) is 0 Å². The molecule has 4 nitrogen and oxygen atoms in total. The van der Waals surface area contributed by atoms with Crippen LogP contribution in [0.2, 0.25) is 5.02 Å². The van der Waals surface area contributed by atoms with E-state index in [0.29, 0.717) is 17.1 Å². The van der Waals surface area contributed by atoms with Gasteiger partial charge in [0.1, 0.15) is 11.9 Å². The van der Waals surface area contributed by atoms with E-state index in [1.807, 2.05) is 37.3 Å². The molecule has 3 aromatic rings. The molecule has 0 spiro atoms. The number of nitrogens with zero attached hydrogens (tertiary/aromatic N) is 1. The quantitative estimate of drug-likeness (QED) is 0.542. The molecule has 3 rings (SSSR count). The first kappa shape index (κ1) is 22.5. The Balaban J connectivity index is 1.98. The maximum atomic E-state index is 13.4. The molecule has 160 valence electrons. The topological polar surface area (TPSA) is 49.4 Å². The average molecular weight is 439 g/mol. The van der Waals surface area contributed by atoms with Gasteiger partial charge in [-0.1, -0.05) is 66.2 Å². The molecule has 6 heteroatoms. The van der Waals surface area contributed by atoms with E-state index in [0.717, 1.165) is 11.1 Å². The van der Waals surface area contributed by atoms with Gasteiger partial charge in [-0.3, -0.25) is 9.59 Å². The normalized spacial score (nSPS) is 11.6. The van der Waals surface area contributed by atoms with E-state index in [2.05, 4.69) is 5.32 Å². The van der Waals surface area contributed by atoms with Crippen molar-refractivity contribution < 1.29 is 14.0 Å². The molecule has 3 aromatic carbocycles. The second-order valence-electron chi connectivity index (χ2n) is 7.16. The lowest BCUT2D eigenvalue weighted by molar-refractivity contribution is -0.141. The minimum absolute atomic E-state index is 0.112. The molecule has 1 unspecified atom stereocenters. The largest absolute Gasteiger partial charge is 0.354 e. The van der Waals surface area contributed by atoms with Gasteiger partial charge in [0, 0.05) is 18.1 Å². The standard InChI is InChI=1S/C25H24ClFN2O2/c1-2-28-25(31)24(20-6-4-3-5-7-20)29(17-19-10-14-22(27)15-11-19)23(30)16-18-8-12-21(26)13-9-18/h3-15,24H,2,16-17H2,1H3,(H,28,31). The van der Waals surface area contributed by atoms with Gasteiger partial charge in [0.05, 0.1) is 6.42 Å². The van der Waals surface area contributed by atoms with E-state index >= 15 is 0 Å². The van der Waals surface area contributed by atoms with Crippen LogP contribution in [0.25, 0.3) is 0 Å². The average Bonchev–Trinajstić information content (AvgIpc) is 2.77. The third kappa shape index (κ3) is 6.15. The molecule has 0 bridgehead atoms. The molecule has 0 aliphatic carbocycles. The summed E-state index contributed by atoms with van der Waals surface area (Å²) in [6.07, 6.45) is 0.112. The Morgan fingerprint density at radius 3 is 2.16 bits per heavy atom. The zero-order valence-corrected chi connectivity index (χ0v) is 18.0. The van der Waals surface area contributed by atoms with Crippen LogP contribution < -0.4 is 5.32 Å². The summed E-state index contributed by atoms with van der Waals surface area (Å²) < 4.78 is 13.4. The predicted molar refractivity (Wildman–Crippen MR) is 120 cm³/mol. The third-order valence-corrected chi connectivity index (χ3v) is 5.13. The molecular formula is C25H24ClFN2O2. The number of amides is 2. The first-order valence-electron chi connectivity index (χ1n) is 10.1. The number of carbonyl (C=O) groups is 2. The number of hydrogen-bond acceptors (Lipinski definition) is 2. The third-order valence-electron chi connectivity index (χ3n) is 4.88. The Bertz CT molecular complexity index is 1010. The highest BCUT2D eigenvalue weighted by molar-refractivity contribution is 6.30. The van der Waals surface area contributed by atoms with Crippen molar-refractivity contribution in [2.45, 2.75) is 25.9 Å². The fourth-order valence-corrected chi connectivity index (χ4v) is 3.49. The van der Waals surface area contributed by atoms with Gasteiger partial charge in [0.25, 0.3) is 0 Å². The van der Waals surface area contributed by atoms with Gasteiger partial charge in [-0.25, -0.2) is 4.39 Å². The minimum Gasteiger partial charge on any atom is -0.354 e. The van der Waals surface area contributed by atoms with Crippen molar-refractivity contribution in [3.05, 3.63) is 106 Å². The zero-order chi connectivity index (χ0) is 22.2. The Kier molecular flexibility index (Phi) is 7.79. The maximum absolute atomic E-state index is 13.4. The van der Waals surface area contributed by atoms with Crippen molar-refractivity contribution in [3.8, 4) is 0 Å². The molecule has 0 fully saturated rings. The highest BCUT2D eigenvalue weighted by atomic mass is 35.5. The van der Waals surface area contributed by atoms with Crippen molar-refractivity contribution in [1.82, 2.24) is 10.2 Å². The first-order chi connectivity index (χ1) is 15.0. The summed E-state index contributed by atoms with van der Waals surface area (Å²) in [6, 6.07) is 21.4. The fraction of sp³-hybridized carbons (Fsp3) is 0.200. The van der Waals surface area contributed by atoms with Crippen molar-refractivity contribution in [3.63, 3.8) is 0 Å². The molecule has 0 saturated heterocycles. The van der Waals surface area contributed by atoms with Crippen molar-refractivity contribution >= 4 is 23.4 Å². The van der Waals surface area contributed by atoms with E-state index in [1.54, 1.807) is 41.3 Å². The SMILES string of the molecule is CCNC(=O)C(c1ccccc1)N(Cc1ccc(F)cc1)C(=O)Cc1ccc(Cl)cc1. The van der Waals surface area contributed by atoms with Gasteiger partial charge in [0.2, 0.25) is 11.8 Å². The minimum atomic E-state index is -0.814. The van der Waals surface area contributed by atoms with E-state index in [-0.39, 0.29) is 30.6 Å². The molecule has 0 saturated carbocycles. The van der Waals surface area contributed by atoms with Gasteiger partial charge in [0.15, 0.2) is 0 Å². The predicted octanol–water partition coefficient (Wildman–Crippen LogP) is 4.93. The molecule has 0 heterocycles. The van der Waals surface area contributed by atoms with Gasteiger partial charge in [-0.2, -0.15) is 0 Å². The maximum Gasteiger partial charge on any atom is 0.247 e. The summed E-state index contributed by atoms with van der Waals surface area (Å²) in [5.41, 5.74) is 2.23. The number of halogens is 2. The summed E-state index contributed by atoms with van der Waals surface area (Å²) in [6.45, 7) is 2.45. The van der Waals surface area contributed by atoms with Crippen LogP contribution in [0.1, 0.15) is 29.7 Å². The molecule has 0 aromatic heterocycles. The summed E-state index contributed by atoms with van der Waals surface area (Å²) in [5, 5.41) is 3.42. The number of rotatable bonds is 8. The van der Waals surface area contributed by atoms with E-state index in [4.69, 9.17) is 11.6 Å². The summed E-state index contributed by atoms with van der Waals surface area (Å²) in [7, 11) is 0. The molecule has 0 radical (unpaired) electrons. The number of benzene rings is 3. The Hall–Kier alpha value is -3.18. The van der Waals surface area contributed by atoms with E-state index < -0.39 is 6.04 Å². The summed E-state index contributed by atoms with van der Waals surface area (Å²) in [4.78, 5) is 28.0. The Morgan fingerprint density at radius 2 is 1.55 bits per heavy atom. The van der Waals surface area contributed by atoms with Crippen LogP contribution in [0, 0.1) is 5.82 Å². The monoisotopic (exact) mass is 438 g/mol. The zero-order valence-electron chi connectivity index (χ0n) is 17.2. The molecular weight excluding hydrogens is 415 g/mol. The lowest BCUT2D eigenvalue weighted by atomic mass is 10.0. The van der Waals surface area contributed by atoms with Crippen LogP contribution in [0.15, 0.2) is 78.9 Å². The first-order valence-corrected chi connectivity index (χ1v) is 10.5. The smallest absolute Gasteiger partial charge is 0.247 e. The second-order valence-corrected chi connectivity index (χ2v) is 7.60. The number of likely N-dealkylation sites (N-methyl/N-ethyl adjacent to an activating group) is 1. The second kappa shape index (κ2) is 10.7. The number of nitrogens with one attached hydrogen (secondary N) is 1. The highest BCUT2D eigenvalue weighted by Crippen LogP contribution is 2.25. The fourth-order valence-electron chi connectivity index (χ4n) is 3.37. The molecule has 0 aliphatic heterocycles. The van der Waals surface area contributed by atoms with Crippen molar-refractivity contribution in [2.75, 3.05) is 6.54 Å². The van der Waals surface area contributed by atoms with E-state index in [9.17, 15) is 14.0 Å². The van der Waals surface area contributed by atoms with Crippen molar-refractivity contribution in [2.24, 2.45) is 0 Å². The lowest BCUT2D eigenvalue weighted by Crippen LogP contribution is -2.44. The molecule has 2 amide bonds. The van der Waals surface area contributed by atoms with Gasteiger partial charge < -0.3 is 10.2 Å². The molecule has 31 heavy (non-hydrogen) atoms. The number of carbonyl (C=O) groups excluding carboxylic acids is 2. The summed E-state index contributed by atoms with van der Waals surface area (Å²) >= 11 is 5.96. The van der Waals surface area contributed by atoms with E-state index in [1.165, 1.54) is 12.1 Å². The van der Waals surface area contributed by atoms with Gasteiger partial charge in [-0.05, 0) is 47.9 Å².